The maximum absolute atomic E-state index is 12.0. The first kappa shape index (κ1) is 13.9. The van der Waals surface area contributed by atoms with E-state index in [-0.39, 0.29) is 11.9 Å². The van der Waals surface area contributed by atoms with Gasteiger partial charge in [-0.3, -0.25) is 4.79 Å². The normalized spacial score (nSPS) is 20.4. The van der Waals surface area contributed by atoms with Crippen LogP contribution in [0.2, 0.25) is 0 Å². The lowest BCUT2D eigenvalue weighted by Crippen LogP contribution is -2.35. The van der Waals surface area contributed by atoms with Crippen LogP contribution in [0.1, 0.15) is 60.2 Å². The topological polar surface area (TPSA) is 66.6 Å². The third-order valence-electron chi connectivity index (χ3n) is 4.28. The summed E-state index contributed by atoms with van der Waals surface area (Å²) in [5, 5.41) is 10.8. The van der Waals surface area contributed by atoms with Gasteiger partial charge in [-0.25, -0.2) is 0 Å². The zero-order valence-electron chi connectivity index (χ0n) is 11.9. The zero-order chi connectivity index (χ0) is 14.3. The van der Waals surface area contributed by atoms with Gasteiger partial charge in [0.2, 0.25) is 0 Å². The molecule has 1 saturated heterocycles. The molecule has 0 bridgehead atoms. The van der Waals surface area contributed by atoms with Crippen molar-refractivity contribution in [3.05, 3.63) is 10.4 Å². The molecule has 5 heteroatoms. The number of nitrogens with zero attached hydrogens (tertiary/aromatic N) is 1. The Morgan fingerprint density at radius 2 is 2.00 bits per heavy atom. The van der Waals surface area contributed by atoms with Crippen LogP contribution in [0.25, 0.3) is 0 Å². The first-order valence-corrected chi connectivity index (χ1v) is 8.31. The Bertz CT molecular complexity index is 514. The first-order chi connectivity index (χ1) is 9.61. The van der Waals surface area contributed by atoms with Crippen molar-refractivity contribution in [1.29, 1.82) is 0 Å². The number of thiophene rings is 1. The number of hydrogen-bond acceptors (Lipinski definition) is 5. The van der Waals surface area contributed by atoms with Crippen LogP contribution in [0.3, 0.4) is 0 Å². The summed E-state index contributed by atoms with van der Waals surface area (Å²) in [5.74, 6) is 0.698. The molecule has 1 aliphatic carbocycles. The molecule has 2 fully saturated rings. The molecule has 1 aliphatic heterocycles. The number of anilines is 2. The molecular weight excluding hydrogens is 272 g/mol. The van der Waals surface area contributed by atoms with E-state index in [9.17, 15) is 9.90 Å². The van der Waals surface area contributed by atoms with E-state index < -0.39 is 0 Å². The van der Waals surface area contributed by atoms with Gasteiger partial charge in [-0.2, -0.15) is 0 Å². The molecule has 110 valence electrons. The predicted octanol–water partition coefficient (Wildman–Crippen LogP) is 2.76. The predicted molar refractivity (Wildman–Crippen MR) is 82.8 cm³/mol. The van der Waals surface area contributed by atoms with Crippen LogP contribution in [-0.4, -0.2) is 30.1 Å². The van der Waals surface area contributed by atoms with E-state index in [0.29, 0.717) is 12.3 Å². The van der Waals surface area contributed by atoms with E-state index in [2.05, 4.69) is 4.90 Å². The highest BCUT2D eigenvalue weighted by atomic mass is 32.1. The molecule has 2 aliphatic rings. The second-order valence-electron chi connectivity index (χ2n) is 5.83. The van der Waals surface area contributed by atoms with Gasteiger partial charge >= 0.3 is 0 Å². The van der Waals surface area contributed by atoms with Crippen molar-refractivity contribution in [2.24, 2.45) is 0 Å². The summed E-state index contributed by atoms with van der Waals surface area (Å²) in [4.78, 5) is 15.1. The lowest BCUT2D eigenvalue weighted by molar-refractivity contribution is 0.0992. The molecule has 0 unspecified atom stereocenters. The number of carbonyl (C=O) groups excluding carboxylic acids is 1. The van der Waals surface area contributed by atoms with Crippen LogP contribution in [0.15, 0.2) is 0 Å². The van der Waals surface area contributed by atoms with Gasteiger partial charge in [0.15, 0.2) is 5.78 Å². The average molecular weight is 294 g/mol. The number of rotatable bonds is 4. The highest BCUT2D eigenvalue weighted by Crippen LogP contribution is 2.52. The maximum atomic E-state index is 12.0. The van der Waals surface area contributed by atoms with Crippen molar-refractivity contribution < 1.29 is 9.90 Å². The van der Waals surface area contributed by atoms with Crippen LogP contribution in [-0.2, 0) is 0 Å². The van der Waals surface area contributed by atoms with Crippen molar-refractivity contribution >= 4 is 27.8 Å². The SMILES string of the molecule is CCC(=O)c1sc(N2CCC(O)CC2)c(C2CC2)c1N. The van der Waals surface area contributed by atoms with Gasteiger partial charge in [-0.15, -0.1) is 11.3 Å². The summed E-state index contributed by atoms with van der Waals surface area (Å²) in [5.41, 5.74) is 8.21. The summed E-state index contributed by atoms with van der Waals surface area (Å²) < 4.78 is 0. The molecule has 0 aromatic carbocycles. The molecule has 1 saturated carbocycles. The molecule has 0 radical (unpaired) electrons. The molecule has 2 heterocycles. The number of Topliss-reactive ketones (excluding diaryl/α,β-unsaturated/α-hetero) is 1. The van der Waals surface area contributed by atoms with E-state index in [4.69, 9.17) is 5.73 Å². The van der Waals surface area contributed by atoms with Gasteiger partial charge < -0.3 is 15.7 Å². The van der Waals surface area contributed by atoms with Gasteiger partial charge in [0.05, 0.1) is 21.7 Å². The fourth-order valence-corrected chi connectivity index (χ4v) is 4.25. The van der Waals surface area contributed by atoms with Crippen molar-refractivity contribution in [3.8, 4) is 0 Å². The Labute approximate surface area is 123 Å². The molecule has 1 aromatic rings. The Morgan fingerprint density at radius 3 is 2.55 bits per heavy atom. The molecule has 0 atom stereocenters. The van der Waals surface area contributed by atoms with E-state index in [0.717, 1.165) is 36.5 Å². The number of piperidine rings is 1. The summed E-state index contributed by atoms with van der Waals surface area (Å²) in [6.07, 6.45) is 4.31. The molecule has 0 amide bonds. The highest BCUT2D eigenvalue weighted by Gasteiger charge is 2.35. The summed E-state index contributed by atoms with van der Waals surface area (Å²) in [6.45, 7) is 3.61. The van der Waals surface area contributed by atoms with Crippen molar-refractivity contribution in [1.82, 2.24) is 0 Å². The minimum absolute atomic E-state index is 0.151. The lowest BCUT2D eigenvalue weighted by Gasteiger charge is -2.31. The van der Waals surface area contributed by atoms with E-state index in [1.807, 2.05) is 6.92 Å². The van der Waals surface area contributed by atoms with Crippen LogP contribution >= 0.6 is 11.3 Å². The van der Waals surface area contributed by atoms with Gasteiger partial charge in [-0.1, -0.05) is 6.92 Å². The molecule has 4 nitrogen and oxygen atoms in total. The number of hydrogen-bond donors (Lipinski definition) is 2. The molecule has 3 N–H and O–H groups in total. The Hall–Kier alpha value is -1.07. The number of ketones is 1. The van der Waals surface area contributed by atoms with Crippen LogP contribution in [0.4, 0.5) is 10.7 Å². The van der Waals surface area contributed by atoms with Crippen molar-refractivity contribution in [2.45, 2.75) is 51.0 Å². The molecular formula is C15H22N2O2S. The monoisotopic (exact) mass is 294 g/mol. The largest absolute Gasteiger partial charge is 0.397 e. The fourth-order valence-electron chi connectivity index (χ4n) is 2.88. The quantitative estimate of drug-likeness (QED) is 0.838. The highest BCUT2D eigenvalue weighted by molar-refractivity contribution is 7.19. The second-order valence-corrected chi connectivity index (χ2v) is 6.83. The Kier molecular flexibility index (Phi) is 3.73. The molecule has 1 aromatic heterocycles. The Balaban J connectivity index is 1.94. The maximum Gasteiger partial charge on any atom is 0.174 e. The lowest BCUT2D eigenvalue weighted by atomic mass is 10.1. The minimum Gasteiger partial charge on any atom is -0.397 e. The van der Waals surface area contributed by atoms with Crippen LogP contribution in [0, 0.1) is 0 Å². The third-order valence-corrected chi connectivity index (χ3v) is 5.60. The summed E-state index contributed by atoms with van der Waals surface area (Å²) >= 11 is 1.56. The first-order valence-electron chi connectivity index (χ1n) is 7.50. The summed E-state index contributed by atoms with van der Waals surface area (Å²) in [6, 6.07) is 0. The molecule has 0 spiro atoms. The van der Waals surface area contributed by atoms with Gasteiger partial charge in [0, 0.05) is 25.1 Å². The number of aliphatic hydroxyl groups is 1. The zero-order valence-corrected chi connectivity index (χ0v) is 12.7. The van der Waals surface area contributed by atoms with Crippen molar-refractivity contribution in [3.63, 3.8) is 0 Å². The van der Waals surface area contributed by atoms with Gasteiger partial charge in [-0.05, 0) is 31.6 Å². The number of carbonyl (C=O) groups is 1. The standard InChI is InChI=1S/C15H22N2O2S/c1-2-11(19)14-13(16)12(9-3-4-9)15(20-14)17-7-5-10(18)6-8-17/h9-10,18H,2-8,16H2,1H3. The second kappa shape index (κ2) is 5.37. The van der Waals surface area contributed by atoms with Crippen LogP contribution < -0.4 is 10.6 Å². The number of aliphatic hydroxyl groups excluding tert-OH is 1. The minimum atomic E-state index is -0.176. The summed E-state index contributed by atoms with van der Waals surface area (Å²) in [7, 11) is 0. The third kappa shape index (κ3) is 2.44. The fraction of sp³-hybridized carbons (Fsp3) is 0.667. The van der Waals surface area contributed by atoms with Crippen LogP contribution in [0.5, 0.6) is 0 Å². The number of nitrogen functional groups attached to an aromatic ring is 1. The van der Waals surface area contributed by atoms with Crippen molar-refractivity contribution in [2.75, 3.05) is 23.7 Å². The van der Waals surface area contributed by atoms with E-state index in [1.54, 1.807) is 11.3 Å². The van der Waals surface area contributed by atoms with E-state index >= 15 is 0 Å². The number of nitrogens with two attached hydrogens (primary N) is 1. The van der Waals surface area contributed by atoms with E-state index in [1.165, 1.54) is 23.4 Å². The van der Waals surface area contributed by atoms with Gasteiger partial charge in [0.1, 0.15) is 0 Å². The molecule has 20 heavy (non-hydrogen) atoms. The average Bonchev–Trinajstić information content (AvgIpc) is 3.22. The smallest absolute Gasteiger partial charge is 0.174 e. The Morgan fingerprint density at radius 1 is 1.35 bits per heavy atom. The van der Waals surface area contributed by atoms with Gasteiger partial charge in [0.25, 0.3) is 0 Å². The molecule has 3 rings (SSSR count).